The van der Waals surface area contributed by atoms with Gasteiger partial charge >= 0.3 is 0 Å². The number of carbonyl (C=O) groups is 1. The van der Waals surface area contributed by atoms with Crippen molar-refractivity contribution in [2.24, 2.45) is 0 Å². The minimum atomic E-state index is 0.376. The van der Waals surface area contributed by atoms with Crippen LogP contribution in [0.25, 0.3) is 0 Å². The van der Waals surface area contributed by atoms with Crippen LogP contribution in [0.5, 0.6) is 0 Å². The fourth-order valence-corrected chi connectivity index (χ4v) is 2.11. The van der Waals surface area contributed by atoms with Crippen molar-refractivity contribution in [1.29, 1.82) is 0 Å². The first-order valence-electron chi connectivity index (χ1n) is 8.69. The molecule has 0 heterocycles. The van der Waals surface area contributed by atoms with Gasteiger partial charge < -0.3 is 14.3 Å². The molecule has 0 fully saturated rings. The van der Waals surface area contributed by atoms with E-state index in [2.05, 4.69) is 13.0 Å². The van der Waals surface area contributed by atoms with Crippen molar-refractivity contribution in [2.75, 3.05) is 13.4 Å². The SMILES string of the molecule is CCCCCOCOC=CCCCCCCCCCC=O. The molecule has 0 aromatic carbocycles. The molecule has 0 aliphatic rings. The standard InChI is InChI=1S/C18H34O3/c1-2-3-13-16-20-18-21-17-14-11-9-7-5-4-6-8-10-12-15-19/h14-15,17H,2-13,16,18H2,1H3. The highest BCUT2D eigenvalue weighted by Gasteiger charge is 1.91. The van der Waals surface area contributed by atoms with E-state index in [1.165, 1.54) is 51.4 Å². The summed E-state index contributed by atoms with van der Waals surface area (Å²) in [7, 11) is 0. The third kappa shape index (κ3) is 19.2. The average molecular weight is 298 g/mol. The minimum absolute atomic E-state index is 0.376. The molecular weight excluding hydrogens is 264 g/mol. The zero-order valence-electron chi connectivity index (χ0n) is 13.9. The summed E-state index contributed by atoms with van der Waals surface area (Å²) >= 11 is 0. The summed E-state index contributed by atoms with van der Waals surface area (Å²) in [6.45, 7) is 3.36. The largest absolute Gasteiger partial charge is 0.475 e. The van der Waals surface area contributed by atoms with Crippen LogP contribution in [0.2, 0.25) is 0 Å². The lowest BCUT2D eigenvalue weighted by atomic mass is 10.1. The molecule has 0 radical (unpaired) electrons. The fourth-order valence-electron chi connectivity index (χ4n) is 2.11. The quantitative estimate of drug-likeness (QED) is 0.156. The highest BCUT2D eigenvalue weighted by Crippen LogP contribution is 2.09. The van der Waals surface area contributed by atoms with Gasteiger partial charge in [0, 0.05) is 6.42 Å². The van der Waals surface area contributed by atoms with Gasteiger partial charge in [-0.3, -0.25) is 0 Å². The highest BCUT2D eigenvalue weighted by atomic mass is 16.7. The summed E-state index contributed by atoms with van der Waals surface area (Å²) in [5.74, 6) is 0. The van der Waals surface area contributed by atoms with Crippen molar-refractivity contribution in [3.63, 3.8) is 0 Å². The maximum Gasteiger partial charge on any atom is 0.188 e. The van der Waals surface area contributed by atoms with Crippen molar-refractivity contribution in [3.05, 3.63) is 12.3 Å². The van der Waals surface area contributed by atoms with Gasteiger partial charge in [-0.2, -0.15) is 0 Å². The number of ether oxygens (including phenoxy) is 2. The zero-order valence-corrected chi connectivity index (χ0v) is 13.9. The predicted octanol–water partition coefficient (Wildman–Crippen LogP) is 5.39. The third-order valence-electron chi connectivity index (χ3n) is 3.43. The molecule has 0 bridgehead atoms. The lowest BCUT2D eigenvalue weighted by molar-refractivity contribution is -0.107. The number of hydrogen-bond acceptors (Lipinski definition) is 3. The molecule has 0 aromatic rings. The van der Waals surface area contributed by atoms with Crippen LogP contribution in [-0.2, 0) is 14.3 Å². The molecule has 0 unspecified atom stereocenters. The van der Waals surface area contributed by atoms with Crippen LogP contribution in [-0.4, -0.2) is 19.7 Å². The molecule has 0 amide bonds. The van der Waals surface area contributed by atoms with E-state index in [1.807, 2.05) is 0 Å². The summed E-state index contributed by atoms with van der Waals surface area (Å²) in [4.78, 5) is 10.1. The second-order valence-electron chi connectivity index (χ2n) is 5.49. The first kappa shape index (κ1) is 20.2. The number of rotatable bonds is 17. The van der Waals surface area contributed by atoms with E-state index in [0.717, 1.165) is 38.6 Å². The van der Waals surface area contributed by atoms with Crippen molar-refractivity contribution >= 4 is 6.29 Å². The summed E-state index contributed by atoms with van der Waals surface area (Å²) < 4.78 is 10.6. The molecule has 0 rings (SSSR count). The topological polar surface area (TPSA) is 35.5 Å². The van der Waals surface area contributed by atoms with Gasteiger partial charge in [-0.25, -0.2) is 0 Å². The maximum atomic E-state index is 10.1. The molecule has 0 aliphatic carbocycles. The van der Waals surface area contributed by atoms with Crippen molar-refractivity contribution in [2.45, 2.75) is 84.0 Å². The molecular formula is C18H34O3. The summed E-state index contributed by atoms with van der Waals surface area (Å²) in [5.41, 5.74) is 0. The van der Waals surface area contributed by atoms with E-state index >= 15 is 0 Å². The van der Waals surface area contributed by atoms with Crippen molar-refractivity contribution < 1.29 is 14.3 Å². The summed E-state index contributed by atoms with van der Waals surface area (Å²) in [6, 6.07) is 0. The Kier molecular flexibility index (Phi) is 18.4. The monoisotopic (exact) mass is 298 g/mol. The number of hydrogen-bond donors (Lipinski definition) is 0. The van der Waals surface area contributed by atoms with Gasteiger partial charge in [0.05, 0.1) is 12.9 Å². The summed E-state index contributed by atoms with van der Waals surface area (Å²) in [6.07, 6.45) is 18.9. The smallest absolute Gasteiger partial charge is 0.188 e. The number of carbonyl (C=O) groups excluding carboxylic acids is 1. The van der Waals surface area contributed by atoms with Crippen molar-refractivity contribution in [3.8, 4) is 0 Å². The van der Waals surface area contributed by atoms with Crippen LogP contribution >= 0.6 is 0 Å². The van der Waals surface area contributed by atoms with Gasteiger partial charge in [0.2, 0.25) is 0 Å². The summed E-state index contributed by atoms with van der Waals surface area (Å²) in [5, 5.41) is 0. The Balaban J connectivity index is 3.03. The molecule has 0 atom stereocenters. The molecule has 0 saturated heterocycles. The molecule has 21 heavy (non-hydrogen) atoms. The van der Waals surface area contributed by atoms with E-state index in [0.29, 0.717) is 6.79 Å². The molecule has 0 spiro atoms. The molecule has 0 saturated carbocycles. The molecule has 0 aromatic heterocycles. The minimum Gasteiger partial charge on any atom is -0.475 e. The predicted molar refractivity (Wildman–Crippen MR) is 88.2 cm³/mol. The molecule has 124 valence electrons. The number of unbranched alkanes of at least 4 members (excludes halogenated alkanes) is 10. The van der Waals surface area contributed by atoms with Crippen LogP contribution in [0.3, 0.4) is 0 Å². The normalized spacial score (nSPS) is 11.1. The Morgan fingerprint density at radius 2 is 1.48 bits per heavy atom. The Bertz CT molecular complexity index is 227. The van der Waals surface area contributed by atoms with E-state index in [4.69, 9.17) is 9.47 Å². The van der Waals surface area contributed by atoms with E-state index < -0.39 is 0 Å². The van der Waals surface area contributed by atoms with Gasteiger partial charge in [0.15, 0.2) is 6.79 Å². The second kappa shape index (κ2) is 19.2. The van der Waals surface area contributed by atoms with Gasteiger partial charge in [-0.15, -0.1) is 0 Å². The van der Waals surface area contributed by atoms with Gasteiger partial charge in [-0.1, -0.05) is 51.9 Å². The zero-order chi connectivity index (χ0) is 15.4. The first-order chi connectivity index (χ1) is 10.4. The third-order valence-corrected chi connectivity index (χ3v) is 3.43. The molecule has 3 nitrogen and oxygen atoms in total. The van der Waals surface area contributed by atoms with Crippen LogP contribution in [0.4, 0.5) is 0 Å². The Labute approximate surface area is 131 Å². The number of aldehydes is 1. The maximum absolute atomic E-state index is 10.1. The highest BCUT2D eigenvalue weighted by molar-refractivity contribution is 5.48. The number of allylic oxidation sites excluding steroid dienone is 1. The molecule has 0 aliphatic heterocycles. The fraction of sp³-hybridized carbons (Fsp3) is 0.833. The van der Waals surface area contributed by atoms with Gasteiger partial charge in [-0.05, 0) is 31.8 Å². The van der Waals surface area contributed by atoms with Crippen LogP contribution in [0.1, 0.15) is 84.0 Å². The van der Waals surface area contributed by atoms with Crippen LogP contribution in [0.15, 0.2) is 12.3 Å². The lowest BCUT2D eigenvalue weighted by Gasteiger charge is -2.02. The average Bonchev–Trinajstić information content (AvgIpc) is 2.50. The second-order valence-corrected chi connectivity index (χ2v) is 5.49. The molecule has 3 heteroatoms. The van der Waals surface area contributed by atoms with E-state index in [-0.39, 0.29) is 0 Å². The van der Waals surface area contributed by atoms with Crippen molar-refractivity contribution in [1.82, 2.24) is 0 Å². The molecule has 0 N–H and O–H groups in total. The van der Waals surface area contributed by atoms with Crippen LogP contribution in [0, 0.1) is 0 Å². The Morgan fingerprint density at radius 3 is 2.14 bits per heavy atom. The van der Waals surface area contributed by atoms with Crippen LogP contribution < -0.4 is 0 Å². The lowest BCUT2D eigenvalue weighted by Crippen LogP contribution is -1.97. The van der Waals surface area contributed by atoms with E-state index in [9.17, 15) is 4.79 Å². The Morgan fingerprint density at radius 1 is 0.810 bits per heavy atom. The van der Waals surface area contributed by atoms with Gasteiger partial charge in [0.1, 0.15) is 6.29 Å². The van der Waals surface area contributed by atoms with E-state index in [1.54, 1.807) is 6.26 Å². The van der Waals surface area contributed by atoms with Gasteiger partial charge in [0.25, 0.3) is 0 Å². The Hall–Kier alpha value is -0.830. The first-order valence-corrected chi connectivity index (χ1v) is 8.69.